The Bertz CT molecular complexity index is 468. The predicted molar refractivity (Wildman–Crippen MR) is 94.0 cm³/mol. The number of benzene rings is 1. The van der Waals surface area contributed by atoms with Gasteiger partial charge in [0.1, 0.15) is 5.75 Å². The van der Waals surface area contributed by atoms with E-state index in [0.717, 1.165) is 30.0 Å². The largest absolute Gasteiger partial charge is 0.497 e. The summed E-state index contributed by atoms with van der Waals surface area (Å²) in [6.45, 7) is 2.83. The van der Waals surface area contributed by atoms with Crippen LogP contribution < -0.4 is 10.5 Å². The summed E-state index contributed by atoms with van der Waals surface area (Å²) < 4.78 is 5.13. The highest BCUT2D eigenvalue weighted by Crippen LogP contribution is 2.24. The molecule has 1 fully saturated rings. The number of nitrogens with two attached hydrogens (primary N) is 1. The van der Waals surface area contributed by atoms with Crippen molar-refractivity contribution in [2.75, 3.05) is 19.4 Å². The molecule has 1 heterocycles. The minimum atomic E-state index is 0. The first-order valence-corrected chi connectivity index (χ1v) is 8.42. The zero-order chi connectivity index (χ0) is 15.2. The molecule has 124 valence electrons. The molecule has 1 aliphatic heterocycles. The summed E-state index contributed by atoms with van der Waals surface area (Å²) in [7, 11) is 1.65. The number of amides is 1. The number of methoxy groups -OCH3 is 1. The number of nitrogens with zero attached hydrogens (tertiary/aromatic N) is 1. The van der Waals surface area contributed by atoms with Gasteiger partial charge in [0.25, 0.3) is 0 Å². The Kier molecular flexibility index (Phi) is 8.07. The van der Waals surface area contributed by atoms with Crippen LogP contribution >= 0.6 is 24.2 Å². The van der Waals surface area contributed by atoms with E-state index in [1.165, 1.54) is 6.42 Å². The molecule has 0 radical (unpaired) electrons. The molecule has 1 aromatic carbocycles. The van der Waals surface area contributed by atoms with Gasteiger partial charge in [-0.2, -0.15) is 0 Å². The molecular weight excluding hydrogens is 320 g/mol. The molecule has 4 nitrogen and oxygen atoms in total. The Morgan fingerprint density at radius 3 is 2.68 bits per heavy atom. The molecule has 0 aromatic heterocycles. The third-order valence-corrected chi connectivity index (χ3v) is 4.90. The lowest BCUT2D eigenvalue weighted by molar-refractivity contribution is -0.132. The Hall–Kier alpha value is -0.910. The van der Waals surface area contributed by atoms with Crippen molar-refractivity contribution >= 4 is 30.1 Å². The first kappa shape index (κ1) is 19.1. The monoisotopic (exact) mass is 344 g/mol. The van der Waals surface area contributed by atoms with Gasteiger partial charge in [0.2, 0.25) is 5.91 Å². The van der Waals surface area contributed by atoms with Gasteiger partial charge in [-0.25, -0.2) is 0 Å². The smallest absolute Gasteiger partial charge is 0.233 e. The van der Waals surface area contributed by atoms with Crippen molar-refractivity contribution in [3.8, 4) is 5.75 Å². The van der Waals surface area contributed by atoms with Crippen LogP contribution in [0.15, 0.2) is 29.2 Å². The number of likely N-dealkylation sites (tertiary alicyclic amines) is 1. The quantitative estimate of drug-likeness (QED) is 0.834. The summed E-state index contributed by atoms with van der Waals surface area (Å²) in [5, 5.41) is 0. The minimum Gasteiger partial charge on any atom is -0.497 e. The molecule has 1 amide bonds. The Balaban J connectivity index is 0.00000242. The van der Waals surface area contributed by atoms with Crippen LogP contribution in [-0.4, -0.2) is 42.3 Å². The van der Waals surface area contributed by atoms with Crippen molar-refractivity contribution in [3.63, 3.8) is 0 Å². The van der Waals surface area contributed by atoms with E-state index in [-0.39, 0.29) is 30.4 Å². The lowest BCUT2D eigenvalue weighted by Gasteiger charge is -2.38. The molecule has 1 saturated heterocycles. The Morgan fingerprint density at radius 1 is 1.41 bits per heavy atom. The van der Waals surface area contributed by atoms with Crippen molar-refractivity contribution in [2.24, 2.45) is 5.73 Å². The fourth-order valence-corrected chi connectivity index (χ4v) is 3.50. The van der Waals surface area contributed by atoms with Crippen LogP contribution in [0.5, 0.6) is 5.75 Å². The van der Waals surface area contributed by atoms with Crippen LogP contribution in [0.1, 0.15) is 26.2 Å². The lowest BCUT2D eigenvalue weighted by Crippen LogP contribution is -2.52. The molecule has 0 aliphatic carbocycles. The van der Waals surface area contributed by atoms with Crippen molar-refractivity contribution in [3.05, 3.63) is 24.3 Å². The third kappa shape index (κ3) is 5.07. The van der Waals surface area contributed by atoms with Crippen molar-refractivity contribution in [1.29, 1.82) is 0 Å². The average Bonchev–Trinajstić information content (AvgIpc) is 2.53. The summed E-state index contributed by atoms with van der Waals surface area (Å²) in [6, 6.07) is 8.03. The molecule has 2 atom stereocenters. The van der Waals surface area contributed by atoms with Crippen LogP contribution in [0.3, 0.4) is 0 Å². The summed E-state index contributed by atoms with van der Waals surface area (Å²) in [5.74, 6) is 1.49. The topological polar surface area (TPSA) is 55.6 Å². The van der Waals surface area contributed by atoms with Crippen LogP contribution in [0.4, 0.5) is 0 Å². The molecule has 6 heteroatoms. The maximum Gasteiger partial charge on any atom is 0.233 e. The summed E-state index contributed by atoms with van der Waals surface area (Å²) in [5.41, 5.74) is 6.02. The van der Waals surface area contributed by atoms with Gasteiger partial charge >= 0.3 is 0 Å². The number of halogens is 1. The molecular formula is C16H25ClN2O2S. The first-order chi connectivity index (χ1) is 10.1. The first-order valence-electron chi connectivity index (χ1n) is 7.43. The van der Waals surface area contributed by atoms with Gasteiger partial charge < -0.3 is 15.4 Å². The molecule has 1 aliphatic rings. The normalized spacial score (nSPS) is 19.2. The molecule has 0 saturated carbocycles. The SMILES string of the molecule is COc1ccc(SCC(=O)N2CCCCC2C(C)N)cc1.Cl. The van der Waals surface area contributed by atoms with Gasteiger partial charge in [-0.05, 0) is 50.5 Å². The number of carbonyl (C=O) groups is 1. The van der Waals surface area contributed by atoms with Gasteiger partial charge in [-0.15, -0.1) is 24.2 Å². The second-order valence-electron chi connectivity index (χ2n) is 5.47. The second-order valence-corrected chi connectivity index (χ2v) is 6.52. The van der Waals surface area contributed by atoms with Crippen molar-refractivity contribution in [1.82, 2.24) is 4.90 Å². The highest BCUT2D eigenvalue weighted by atomic mass is 35.5. The van der Waals surface area contributed by atoms with Gasteiger partial charge in [0.15, 0.2) is 0 Å². The zero-order valence-electron chi connectivity index (χ0n) is 13.2. The molecule has 2 unspecified atom stereocenters. The summed E-state index contributed by atoms with van der Waals surface area (Å²) >= 11 is 1.57. The van der Waals surface area contributed by atoms with Crippen LogP contribution in [-0.2, 0) is 4.79 Å². The van der Waals surface area contributed by atoms with Crippen LogP contribution in [0, 0.1) is 0 Å². The van der Waals surface area contributed by atoms with E-state index in [0.29, 0.717) is 5.75 Å². The summed E-state index contributed by atoms with van der Waals surface area (Å²) in [6.07, 6.45) is 3.28. The van der Waals surface area contributed by atoms with E-state index in [1.54, 1.807) is 18.9 Å². The van der Waals surface area contributed by atoms with E-state index >= 15 is 0 Å². The highest BCUT2D eigenvalue weighted by molar-refractivity contribution is 8.00. The van der Waals surface area contributed by atoms with Gasteiger partial charge in [-0.1, -0.05) is 0 Å². The highest BCUT2D eigenvalue weighted by Gasteiger charge is 2.28. The Morgan fingerprint density at radius 2 is 2.09 bits per heavy atom. The number of hydrogen-bond acceptors (Lipinski definition) is 4. The van der Waals surface area contributed by atoms with Gasteiger partial charge in [-0.3, -0.25) is 4.79 Å². The number of carbonyl (C=O) groups excluding carboxylic acids is 1. The number of piperidine rings is 1. The molecule has 0 spiro atoms. The summed E-state index contributed by atoms with van der Waals surface area (Å²) in [4.78, 5) is 15.5. The van der Waals surface area contributed by atoms with E-state index < -0.39 is 0 Å². The maximum absolute atomic E-state index is 12.4. The predicted octanol–water partition coefficient (Wildman–Crippen LogP) is 2.94. The lowest BCUT2D eigenvalue weighted by atomic mass is 9.97. The van der Waals surface area contributed by atoms with E-state index in [9.17, 15) is 4.79 Å². The van der Waals surface area contributed by atoms with Gasteiger partial charge in [0.05, 0.1) is 12.9 Å². The Labute approximate surface area is 143 Å². The van der Waals surface area contributed by atoms with Crippen molar-refractivity contribution in [2.45, 2.75) is 43.2 Å². The standard InChI is InChI=1S/C16H24N2O2S.ClH/c1-12(17)15-5-3-4-10-18(15)16(19)11-21-14-8-6-13(20-2)7-9-14;/h6-9,12,15H,3-5,10-11,17H2,1-2H3;1H. The average molecular weight is 345 g/mol. The molecule has 22 heavy (non-hydrogen) atoms. The molecule has 2 rings (SSSR count). The van der Waals surface area contributed by atoms with E-state index in [4.69, 9.17) is 10.5 Å². The van der Waals surface area contributed by atoms with Gasteiger partial charge in [0, 0.05) is 23.5 Å². The fourth-order valence-electron chi connectivity index (χ4n) is 2.71. The van der Waals surface area contributed by atoms with Crippen LogP contribution in [0.25, 0.3) is 0 Å². The number of thioether (sulfide) groups is 1. The third-order valence-electron chi connectivity index (χ3n) is 3.90. The maximum atomic E-state index is 12.4. The van der Waals surface area contributed by atoms with E-state index in [1.807, 2.05) is 36.1 Å². The second kappa shape index (κ2) is 9.28. The molecule has 1 aromatic rings. The van der Waals surface area contributed by atoms with E-state index in [2.05, 4.69) is 0 Å². The zero-order valence-corrected chi connectivity index (χ0v) is 14.8. The number of hydrogen-bond donors (Lipinski definition) is 1. The molecule has 0 bridgehead atoms. The number of ether oxygens (including phenoxy) is 1. The van der Waals surface area contributed by atoms with Crippen molar-refractivity contribution < 1.29 is 9.53 Å². The number of rotatable bonds is 5. The molecule has 2 N–H and O–H groups in total. The van der Waals surface area contributed by atoms with Crippen LogP contribution in [0.2, 0.25) is 0 Å². The fraction of sp³-hybridized carbons (Fsp3) is 0.562. The minimum absolute atomic E-state index is 0.